The van der Waals surface area contributed by atoms with E-state index in [0.717, 1.165) is 11.8 Å². The fraction of sp³-hybridized carbons (Fsp3) is 0.429. The Balaban J connectivity index is 2.42. The van der Waals surface area contributed by atoms with Crippen LogP contribution in [0.1, 0.15) is 35.7 Å². The first-order valence-electron chi connectivity index (χ1n) is 6.02. The minimum atomic E-state index is -0.221. The SMILES string of the molecule is CCOC(=O)CCCOc1cccc(C)c1C=O. The third-order valence-electron chi connectivity index (χ3n) is 2.49. The molecule has 0 N–H and O–H groups in total. The Morgan fingerprint density at radius 2 is 2.17 bits per heavy atom. The quantitative estimate of drug-likeness (QED) is 0.424. The van der Waals surface area contributed by atoms with E-state index in [1.54, 1.807) is 13.0 Å². The van der Waals surface area contributed by atoms with Crippen LogP contribution in [0.2, 0.25) is 0 Å². The van der Waals surface area contributed by atoms with Crippen LogP contribution in [-0.4, -0.2) is 25.5 Å². The van der Waals surface area contributed by atoms with Crippen molar-refractivity contribution >= 4 is 12.3 Å². The molecule has 0 aliphatic carbocycles. The molecule has 0 fully saturated rings. The van der Waals surface area contributed by atoms with E-state index in [0.29, 0.717) is 37.4 Å². The number of aryl methyl sites for hydroxylation is 1. The summed E-state index contributed by atoms with van der Waals surface area (Å²) in [5.74, 6) is 0.342. The number of esters is 1. The molecule has 0 saturated heterocycles. The predicted molar refractivity (Wildman–Crippen MR) is 67.9 cm³/mol. The van der Waals surface area contributed by atoms with Crippen molar-refractivity contribution < 1.29 is 19.1 Å². The van der Waals surface area contributed by atoms with Gasteiger partial charge < -0.3 is 9.47 Å². The molecule has 1 aromatic carbocycles. The summed E-state index contributed by atoms with van der Waals surface area (Å²) in [6, 6.07) is 5.44. The van der Waals surface area contributed by atoms with Crippen LogP contribution >= 0.6 is 0 Å². The van der Waals surface area contributed by atoms with Crippen LogP contribution in [0.4, 0.5) is 0 Å². The van der Waals surface area contributed by atoms with Gasteiger partial charge in [-0.2, -0.15) is 0 Å². The Hall–Kier alpha value is -1.84. The summed E-state index contributed by atoms with van der Waals surface area (Å²) in [4.78, 5) is 22.0. The molecule has 0 aliphatic heterocycles. The number of rotatable bonds is 7. The van der Waals surface area contributed by atoms with Gasteiger partial charge in [0.2, 0.25) is 0 Å². The maximum atomic E-state index is 11.1. The zero-order valence-electron chi connectivity index (χ0n) is 10.8. The molecule has 1 aromatic rings. The lowest BCUT2D eigenvalue weighted by atomic mass is 10.1. The number of benzene rings is 1. The summed E-state index contributed by atoms with van der Waals surface area (Å²) >= 11 is 0. The molecule has 0 aromatic heterocycles. The summed E-state index contributed by atoms with van der Waals surface area (Å²) in [6.45, 7) is 4.42. The predicted octanol–water partition coefficient (Wildman–Crippen LogP) is 2.53. The van der Waals surface area contributed by atoms with Gasteiger partial charge in [0.05, 0.1) is 18.8 Å². The standard InChI is InChI=1S/C14H18O4/c1-3-17-14(16)8-5-9-18-13-7-4-6-11(2)12(13)10-15/h4,6-7,10H,3,5,8-9H2,1-2H3. The Morgan fingerprint density at radius 3 is 2.83 bits per heavy atom. The normalized spacial score (nSPS) is 9.89. The van der Waals surface area contributed by atoms with Gasteiger partial charge in [0.1, 0.15) is 5.75 Å². The van der Waals surface area contributed by atoms with Crippen molar-refractivity contribution in [2.24, 2.45) is 0 Å². The first-order chi connectivity index (χ1) is 8.69. The first kappa shape index (κ1) is 14.2. The highest BCUT2D eigenvalue weighted by atomic mass is 16.5. The topological polar surface area (TPSA) is 52.6 Å². The van der Waals surface area contributed by atoms with Gasteiger partial charge in [-0.25, -0.2) is 0 Å². The Bertz CT molecular complexity index is 412. The van der Waals surface area contributed by atoms with E-state index in [1.165, 1.54) is 0 Å². The van der Waals surface area contributed by atoms with Gasteiger partial charge in [-0.15, -0.1) is 0 Å². The van der Waals surface area contributed by atoms with Crippen LogP contribution in [-0.2, 0) is 9.53 Å². The van der Waals surface area contributed by atoms with Gasteiger partial charge in [0, 0.05) is 6.42 Å². The highest BCUT2D eigenvalue weighted by Gasteiger charge is 2.06. The van der Waals surface area contributed by atoms with Crippen molar-refractivity contribution in [3.63, 3.8) is 0 Å². The number of ether oxygens (including phenoxy) is 2. The van der Waals surface area contributed by atoms with E-state index in [1.807, 2.05) is 19.1 Å². The largest absolute Gasteiger partial charge is 0.493 e. The number of aldehydes is 1. The highest BCUT2D eigenvalue weighted by molar-refractivity contribution is 5.81. The van der Waals surface area contributed by atoms with Gasteiger partial charge in [-0.05, 0) is 31.9 Å². The minimum Gasteiger partial charge on any atom is -0.493 e. The van der Waals surface area contributed by atoms with Crippen LogP contribution in [0.3, 0.4) is 0 Å². The smallest absolute Gasteiger partial charge is 0.305 e. The summed E-state index contributed by atoms with van der Waals surface area (Å²) in [5.41, 5.74) is 1.45. The van der Waals surface area contributed by atoms with E-state index in [4.69, 9.17) is 9.47 Å². The summed E-state index contributed by atoms with van der Waals surface area (Å²) < 4.78 is 10.3. The zero-order valence-corrected chi connectivity index (χ0v) is 10.8. The second-order valence-electron chi connectivity index (χ2n) is 3.86. The molecule has 1 rings (SSSR count). The number of carbonyl (C=O) groups excluding carboxylic acids is 2. The van der Waals surface area contributed by atoms with Crippen molar-refractivity contribution in [3.8, 4) is 5.75 Å². The molecule has 4 nitrogen and oxygen atoms in total. The maximum absolute atomic E-state index is 11.1. The van der Waals surface area contributed by atoms with Crippen LogP contribution in [0.25, 0.3) is 0 Å². The molecule has 0 heterocycles. The fourth-order valence-corrected chi connectivity index (χ4v) is 1.56. The van der Waals surface area contributed by atoms with Crippen LogP contribution in [0, 0.1) is 6.92 Å². The molecular formula is C14H18O4. The maximum Gasteiger partial charge on any atom is 0.305 e. The molecule has 0 bridgehead atoms. The lowest BCUT2D eigenvalue weighted by Gasteiger charge is -2.09. The zero-order chi connectivity index (χ0) is 13.4. The molecular weight excluding hydrogens is 232 g/mol. The molecule has 0 atom stereocenters. The summed E-state index contributed by atoms with van der Waals surface area (Å²) in [6.07, 6.45) is 1.69. The molecule has 0 saturated carbocycles. The van der Waals surface area contributed by atoms with Crippen LogP contribution in [0.15, 0.2) is 18.2 Å². The molecule has 18 heavy (non-hydrogen) atoms. The molecule has 0 aliphatic rings. The number of hydrogen-bond acceptors (Lipinski definition) is 4. The van der Waals surface area contributed by atoms with Crippen LogP contribution in [0.5, 0.6) is 5.75 Å². The molecule has 0 radical (unpaired) electrons. The summed E-state index contributed by atoms with van der Waals surface area (Å²) in [7, 11) is 0. The van der Waals surface area contributed by atoms with E-state index in [-0.39, 0.29) is 5.97 Å². The van der Waals surface area contributed by atoms with Crippen molar-refractivity contribution in [2.45, 2.75) is 26.7 Å². The second-order valence-corrected chi connectivity index (χ2v) is 3.86. The minimum absolute atomic E-state index is 0.221. The average molecular weight is 250 g/mol. The molecule has 0 amide bonds. The van der Waals surface area contributed by atoms with Gasteiger partial charge in [-0.1, -0.05) is 12.1 Å². The van der Waals surface area contributed by atoms with E-state index < -0.39 is 0 Å². The van der Waals surface area contributed by atoms with Gasteiger partial charge in [0.15, 0.2) is 6.29 Å². The van der Waals surface area contributed by atoms with Crippen molar-refractivity contribution in [1.82, 2.24) is 0 Å². The van der Waals surface area contributed by atoms with E-state index >= 15 is 0 Å². The molecule has 4 heteroatoms. The Labute approximate surface area is 107 Å². The lowest BCUT2D eigenvalue weighted by Crippen LogP contribution is -2.07. The number of hydrogen-bond donors (Lipinski definition) is 0. The third-order valence-corrected chi connectivity index (χ3v) is 2.49. The van der Waals surface area contributed by atoms with Crippen molar-refractivity contribution in [1.29, 1.82) is 0 Å². The van der Waals surface area contributed by atoms with Gasteiger partial charge in [-0.3, -0.25) is 9.59 Å². The molecule has 0 unspecified atom stereocenters. The summed E-state index contributed by atoms with van der Waals surface area (Å²) in [5, 5.41) is 0. The third kappa shape index (κ3) is 4.20. The Morgan fingerprint density at radius 1 is 1.39 bits per heavy atom. The van der Waals surface area contributed by atoms with Crippen LogP contribution < -0.4 is 4.74 Å². The van der Waals surface area contributed by atoms with E-state index in [9.17, 15) is 9.59 Å². The average Bonchev–Trinajstić information content (AvgIpc) is 2.35. The monoisotopic (exact) mass is 250 g/mol. The molecule has 98 valence electrons. The highest BCUT2D eigenvalue weighted by Crippen LogP contribution is 2.20. The fourth-order valence-electron chi connectivity index (χ4n) is 1.56. The van der Waals surface area contributed by atoms with Crippen molar-refractivity contribution in [2.75, 3.05) is 13.2 Å². The van der Waals surface area contributed by atoms with Crippen molar-refractivity contribution in [3.05, 3.63) is 29.3 Å². The number of carbonyl (C=O) groups is 2. The van der Waals surface area contributed by atoms with E-state index in [2.05, 4.69) is 0 Å². The Kier molecular flexibility index (Phi) is 5.91. The first-order valence-corrected chi connectivity index (χ1v) is 6.02. The second kappa shape index (κ2) is 7.48. The van der Waals surface area contributed by atoms with Gasteiger partial charge in [0.25, 0.3) is 0 Å². The van der Waals surface area contributed by atoms with Gasteiger partial charge >= 0.3 is 5.97 Å². The molecule has 0 spiro atoms. The lowest BCUT2D eigenvalue weighted by molar-refractivity contribution is -0.143.